The molecule has 130 valence electrons. The molecule has 0 bridgehead atoms. The van der Waals surface area contributed by atoms with Crippen molar-refractivity contribution in [2.45, 2.75) is 53.4 Å². The van der Waals surface area contributed by atoms with E-state index in [1.807, 2.05) is 4.90 Å². The average molecular weight is 314 g/mol. The maximum absolute atomic E-state index is 12.5. The largest absolute Gasteiger partial charge is 0.395 e. The van der Waals surface area contributed by atoms with Gasteiger partial charge in [0.25, 0.3) is 0 Å². The molecule has 0 aliphatic rings. The van der Waals surface area contributed by atoms with Gasteiger partial charge in [0.15, 0.2) is 0 Å². The number of aliphatic hydroxyl groups excluding tert-OH is 1. The van der Waals surface area contributed by atoms with Crippen LogP contribution in [0.1, 0.15) is 53.4 Å². The molecule has 0 fully saturated rings. The summed E-state index contributed by atoms with van der Waals surface area (Å²) in [7, 11) is 0. The molecule has 0 aliphatic heterocycles. The van der Waals surface area contributed by atoms with Crippen LogP contribution < -0.4 is 5.32 Å². The molecule has 1 amide bonds. The Labute approximate surface area is 135 Å². The molecule has 0 saturated carbocycles. The minimum Gasteiger partial charge on any atom is -0.395 e. The Morgan fingerprint density at radius 1 is 1.32 bits per heavy atom. The highest BCUT2D eigenvalue weighted by atomic mass is 16.3. The van der Waals surface area contributed by atoms with E-state index < -0.39 is 0 Å². The van der Waals surface area contributed by atoms with Crippen LogP contribution in [0.5, 0.6) is 0 Å². The third kappa shape index (κ3) is 6.88. The van der Waals surface area contributed by atoms with Crippen LogP contribution in [0.2, 0.25) is 0 Å². The second-order valence-electron chi connectivity index (χ2n) is 6.20. The van der Waals surface area contributed by atoms with E-state index in [-0.39, 0.29) is 30.4 Å². The molecule has 2 atom stereocenters. The van der Waals surface area contributed by atoms with E-state index in [1.165, 1.54) is 0 Å². The molecular formula is C17H34N2O3. The summed E-state index contributed by atoms with van der Waals surface area (Å²) in [5.41, 5.74) is 0.0428. The van der Waals surface area contributed by atoms with E-state index in [0.717, 1.165) is 32.0 Å². The van der Waals surface area contributed by atoms with Crippen LogP contribution in [0.25, 0.3) is 0 Å². The monoisotopic (exact) mass is 314 g/mol. The summed E-state index contributed by atoms with van der Waals surface area (Å²) >= 11 is 0. The van der Waals surface area contributed by atoms with Gasteiger partial charge in [0.2, 0.25) is 5.91 Å². The molecule has 0 aliphatic carbocycles. The fraction of sp³-hybridized carbons (Fsp3) is 0.882. The second-order valence-corrected chi connectivity index (χ2v) is 6.20. The Hall–Kier alpha value is -0.940. The Bertz CT molecular complexity index is 323. The molecule has 22 heavy (non-hydrogen) atoms. The number of hydrogen-bond acceptors (Lipinski definition) is 4. The van der Waals surface area contributed by atoms with Gasteiger partial charge in [-0.1, -0.05) is 34.1 Å². The van der Waals surface area contributed by atoms with Crippen molar-refractivity contribution in [3.05, 3.63) is 0 Å². The molecule has 2 unspecified atom stereocenters. The highest BCUT2D eigenvalue weighted by molar-refractivity contribution is 5.79. The van der Waals surface area contributed by atoms with Gasteiger partial charge in [0.05, 0.1) is 13.2 Å². The third-order valence-corrected chi connectivity index (χ3v) is 4.67. The molecule has 2 N–H and O–H groups in total. The summed E-state index contributed by atoms with van der Waals surface area (Å²) in [6.07, 6.45) is 4.79. The van der Waals surface area contributed by atoms with Crippen molar-refractivity contribution in [2.75, 3.05) is 32.8 Å². The number of aldehydes is 1. The van der Waals surface area contributed by atoms with Crippen molar-refractivity contribution >= 4 is 12.2 Å². The smallest absolute Gasteiger partial charge is 0.223 e. The maximum atomic E-state index is 12.5. The molecule has 0 aromatic carbocycles. The molecule has 0 spiro atoms. The number of carbonyl (C=O) groups is 2. The molecule has 0 aromatic heterocycles. The van der Waals surface area contributed by atoms with Crippen molar-refractivity contribution in [1.29, 1.82) is 0 Å². The first-order valence-corrected chi connectivity index (χ1v) is 8.53. The van der Waals surface area contributed by atoms with E-state index in [1.54, 1.807) is 0 Å². The molecule has 0 radical (unpaired) electrons. The highest BCUT2D eigenvalue weighted by Gasteiger charge is 2.35. The Morgan fingerprint density at radius 2 is 2.00 bits per heavy atom. The van der Waals surface area contributed by atoms with Gasteiger partial charge in [-0.3, -0.25) is 9.69 Å². The first-order chi connectivity index (χ1) is 10.5. The van der Waals surface area contributed by atoms with Crippen LogP contribution in [0.4, 0.5) is 0 Å². The quantitative estimate of drug-likeness (QED) is 0.509. The van der Waals surface area contributed by atoms with Crippen LogP contribution in [-0.2, 0) is 9.59 Å². The number of carbonyl (C=O) groups excluding carboxylic acids is 2. The summed E-state index contributed by atoms with van der Waals surface area (Å²) in [6.45, 7) is 10.4. The fourth-order valence-corrected chi connectivity index (χ4v) is 3.16. The van der Waals surface area contributed by atoms with Crippen molar-refractivity contribution in [1.82, 2.24) is 10.2 Å². The lowest BCUT2D eigenvalue weighted by Gasteiger charge is -2.35. The molecule has 5 heteroatoms. The van der Waals surface area contributed by atoms with Gasteiger partial charge in [0, 0.05) is 25.6 Å². The Morgan fingerprint density at radius 3 is 2.45 bits per heavy atom. The van der Waals surface area contributed by atoms with E-state index in [0.29, 0.717) is 19.6 Å². The molecular weight excluding hydrogens is 280 g/mol. The molecule has 0 aromatic rings. The van der Waals surface area contributed by atoms with Crippen molar-refractivity contribution < 1.29 is 14.7 Å². The number of amides is 1. The van der Waals surface area contributed by atoms with Crippen LogP contribution >= 0.6 is 0 Å². The zero-order chi connectivity index (χ0) is 17.0. The van der Waals surface area contributed by atoms with Crippen LogP contribution in [0.15, 0.2) is 0 Å². The summed E-state index contributed by atoms with van der Waals surface area (Å²) in [6, 6.07) is 0. The predicted molar refractivity (Wildman–Crippen MR) is 89.7 cm³/mol. The van der Waals surface area contributed by atoms with Crippen molar-refractivity contribution in [2.24, 2.45) is 11.3 Å². The summed E-state index contributed by atoms with van der Waals surface area (Å²) in [4.78, 5) is 24.9. The number of rotatable bonds is 13. The molecule has 0 rings (SSSR count). The minimum atomic E-state index is 0.0176. The summed E-state index contributed by atoms with van der Waals surface area (Å²) in [5.74, 6) is 0.130. The summed E-state index contributed by atoms with van der Waals surface area (Å²) in [5, 5.41) is 12.0. The van der Waals surface area contributed by atoms with Gasteiger partial charge in [-0.05, 0) is 24.7 Å². The van der Waals surface area contributed by atoms with Gasteiger partial charge in [-0.2, -0.15) is 0 Å². The number of nitrogens with zero attached hydrogens (tertiary/aromatic N) is 1. The van der Waals surface area contributed by atoms with E-state index in [2.05, 4.69) is 33.0 Å². The zero-order valence-electron chi connectivity index (χ0n) is 14.7. The lowest BCUT2D eigenvalue weighted by atomic mass is 9.70. The number of hydrogen-bond donors (Lipinski definition) is 2. The predicted octanol–water partition coefficient (Wildman–Crippen LogP) is 1.84. The molecule has 0 heterocycles. The van der Waals surface area contributed by atoms with Crippen LogP contribution in [-0.4, -0.2) is 55.0 Å². The van der Waals surface area contributed by atoms with E-state index in [9.17, 15) is 9.59 Å². The van der Waals surface area contributed by atoms with Crippen molar-refractivity contribution in [3.8, 4) is 0 Å². The van der Waals surface area contributed by atoms with E-state index in [4.69, 9.17) is 5.11 Å². The molecule has 0 saturated heterocycles. The zero-order valence-corrected chi connectivity index (χ0v) is 14.7. The SMILES string of the molecule is CCCC(C)(CC)C(CC)C(=O)NCCN(CC=O)CCO. The average Bonchev–Trinajstić information content (AvgIpc) is 2.48. The third-order valence-electron chi connectivity index (χ3n) is 4.67. The van der Waals surface area contributed by atoms with Gasteiger partial charge >= 0.3 is 0 Å². The van der Waals surface area contributed by atoms with Crippen LogP contribution in [0, 0.1) is 11.3 Å². The lowest BCUT2D eigenvalue weighted by Crippen LogP contribution is -2.43. The van der Waals surface area contributed by atoms with Crippen LogP contribution in [0.3, 0.4) is 0 Å². The first-order valence-electron chi connectivity index (χ1n) is 8.53. The first kappa shape index (κ1) is 21.1. The maximum Gasteiger partial charge on any atom is 0.223 e. The molecule has 5 nitrogen and oxygen atoms in total. The Kier molecular flexibility index (Phi) is 11.1. The standard InChI is InChI=1S/C17H34N2O3/c1-5-8-17(4,7-3)15(6-2)16(22)18-9-10-19(11-13-20)12-14-21/h13,15,21H,5-12,14H2,1-4H3,(H,18,22). The van der Waals surface area contributed by atoms with Gasteiger partial charge in [-0.15, -0.1) is 0 Å². The normalized spacial score (nSPS) is 15.4. The van der Waals surface area contributed by atoms with Gasteiger partial charge < -0.3 is 15.2 Å². The minimum absolute atomic E-state index is 0.0176. The van der Waals surface area contributed by atoms with Gasteiger partial charge in [-0.25, -0.2) is 0 Å². The number of nitrogens with one attached hydrogen (secondary N) is 1. The fourth-order valence-electron chi connectivity index (χ4n) is 3.16. The topological polar surface area (TPSA) is 69.6 Å². The van der Waals surface area contributed by atoms with E-state index >= 15 is 0 Å². The number of aliphatic hydroxyl groups is 1. The van der Waals surface area contributed by atoms with Gasteiger partial charge in [0.1, 0.15) is 6.29 Å². The summed E-state index contributed by atoms with van der Waals surface area (Å²) < 4.78 is 0. The Balaban J connectivity index is 4.50. The second kappa shape index (κ2) is 11.6. The lowest BCUT2D eigenvalue weighted by molar-refractivity contribution is -0.129. The van der Waals surface area contributed by atoms with Crippen molar-refractivity contribution in [3.63, 3.8) is 0 Å². The highest BCUT2D eigenvalue weighted by Crippen LogP contribution is 2.38.